The third-order valence-corrected chi connectivity index (χ3v) is 1.58. The van der Waals surface area contributed by atoms with Gasteiger partial charge in [0, 0.05) is 0 Å². The number of hydrogen-bond donors (Lipinski definition) is 1. The molecule has 0 radical (unpaired) electrons. The molecule has 0 saturated carbocycles. The van der Waals surface area contributed by atoms with Crippen LogP contribution in [-0.4, -0.2) is 11.1 Å². The molecule has 0 spiro atoms. The van der Waals surface area contributed by atoms with E-state index in [1.54, 1.807) is 18.2 Å². The molecule has 0 aromatic carbocycles. The summed E-state index contributed by atoms with van der Waals surface area (Å²) in [7, 11) is 0. The Morgan fingerprint density at radius 2 is 2.08 bits per heavy atom. The molecule has 0 bridgehead atoms. The van der Waals surface area contributed by atoms with Gasteiger partial charge >= 0.3 is 5.97 Å². The first-order valence-electron chi connectivity index (χ1n) is 3.64. The van der Waals surface area contributed by atoms with Crippen molar-refractivity contribution in [3.05, 3.63) is 47.8 Å². The van der Waals surface area contributed by atoms with Crippen molar-refractivity contribution in [2.24, 2.45) is 0 Å². The van der Waals surface area contributed by atoms with E-state index >= 15 is 0 Å². The SMILES string of the molecule is O=C(O)C1=CC=C2OC=CC=C2O1. The summed E-state index contributed by atoms with van der Waals surface area (Å²) in [6.07, 6.45) is 7.69. The Morgan fingerprint density at radius 3 is 2.85 bits per heavy atom. The highest BCUT2D eigenvalue weighted by Crippen LogP contribution is 2.25. The van der Waals surface area contributed by atoms with Crippen LogP contribution in [0.2, 0.25) is 0 Å². The molecule has 2 heterocycles. The van der Waals surface area contributed by atoms with Crippen LogP contribution in [0.25, 0.3) is 0 Å². The molecule has 13 heavy (non-hydrogen) atoms. The average Bonchev–Trinajstić information content (AvgIpc) is 2.17. The molecule has 4 nitrogen and oxygen atoms in total. The topological polar surface area (TPSA) is 55.8 Å². The summed E-state index contributed by atoms with van der Waals surface area (Å²) in [6.45, 7) is 0. The quantitative estimate of drug-likeness (QED) is 0.657. The smallest absolute Gasteiger partial charge is 0.371 e. The lowest BCUT2D eigenvalue weighted by molar-refractivity contribution is -0.135. The fourth-order valence-corrected chi connectivity index (χ4v) is 1.00. The maximum atomic E-state index is 10.5. The Morgan fingerprint density at radius 1 is 1.23 bits per heavy atom. The molecule has 0 unspecified atom stereocenters. The van der Waals surface area contributed by atoms with Gasteiger partial charge < -0.3 is 14.6 Å². The Balaban J connectivity index is 2.32. The monoisotopic (exact) mass is 178 g/mol. The molecule has 1 N–H and O–H groups in total. The van der Waals surface area contributed by atoms with Crippen LogP contribution in [0.5, 0.6) is 0 Å². The molecule has 0 aliphatic carbocycles. The van der Waals surface area contributed by atoms with Gasteiger partial charge in [0.15, 0.2) is 11.5 Å². The number of carbonyl (C=O) groups is 1. The molecule has 0 aromatic rings. The van der Waals surface area contributed by atoms with E-state index in [0.717, 1.165) is 0 Å². The fourth-order valence-electron chi connectivity index (χ4n) is 1.00. The minimum atomic E-state index is -1.09. The fraction of sp³-hybridized carbons (Fsp3) is 0. The summed E-state index contributed by atoms with van der Waals surface area (Å²) in [5.74, 6) is -0.255. The third-order valence-electron chi connectivity index (χ3n) is 1.58. The average molecular weight is 178 g/mol. The highest BCUT2D eigenvalue weighted by atomic mass is 16.5. The van der Waals surface area contributed by atoms with Crippen LogP contribution in [-0.2, 0) is 14.3 Å². The van der Waals surface area contributed by atoms with Crippen molar-refractivity contribution in [2.75, 3.05) is 0 Å². The molecule has 2 aliphatic rings. The second kappa shape index (κ2) is 2.82. The zero-order chi connectivity index (χ0) is 9.26. The minimum absolute atomic E-state index is 0.103. The molecule has 66 valence electrons. The maximum absolute atomic E-state index is 10.5. The minimum Gasteiger partial charge on any atom is -0.475 e. The van der Waals surface area contributed by atoms with Gasteiger partial charge in [-0.1, -0.05) is 0 Å². The van der Waals surface area contributed by atoms with Gasteiger partial charge in [0.25, 0.3) is 0 Å². The first-order valence-corrected chi connectivity index (χ1v) is 3.64. The lowest BCUT2D eigenvalue weighted by Gasteiger charge is -2.17. The van der Waals surface area contributed by atoms with Gasteiger partial charge in [-0.05, 0) is 24.3 Å². The summed E-state index contributed by atoms with van der Waals surface area (Å²) in [6, 6.07) is 0. The highest BCUT2D eigenvalue weighted by Gasteiger charge is 2.20. The standard InChI is InChI=1S/C9H6O4/c10-9(11)8-4-3-6-7(13-8)2-1-5-12-6/h1-5H,(H,10,11). The number of carboxylic acids is 1. The second-order valence-corrected chi connectivity index (χ2v) is 2.45. The Hall–Kier alpha value is -1.97. The summed E-state index contributed by atoms with van der Waals surface area (Å²) >= 11 is 0. The van der Waals surface area contributed by atoms with Gasteiger partial charge in [0.2, 0.25) is 5.76 Å². The van der Waals surface area contributed by atoms with Crippen LogP contribution >= 0.6 is 0 Å². The normalized spacial score (nSPS) is 18.6. The summed E-state index contributed by atoms with van der Waals surface area (Å²) in [4.78, 5) is 10.5. The van der Waals surface area contributed by atoms with Crippen LogP contribution in [0.4, 0.5) is 0 Å². The van der Waals surface area contributed by atoms with Crippen molar-refractivity contribution in [1.82, 2.24) is 0 Å². The molecule has 4 heteroatoms. The van der Waals surface area contributed by atoms with Crippen molar-refractivity contribution in [1.29, 1.82) is 0 Å². The van der Waals surface area contributed by atoms with E-state index in [2.05, 4.69) is 0 Å². The number of ether oxygens (including phenoxy) is 2. The first-order chi connectivity index (χ1) is 6.27. The molecule has 0 amide bonds. The molecular formula is C9H6O4. The van der Waals surface area contributed by atoms with E-state index in [-0.39, 0.29) is 5.76 Å². The molecule has 2 rings (SSSR count). The van der Waals surface area contributed by atoms with Crippen LogP contribution in [0.3, 0.4) is 0 Å². The van der Waals surface area contributed by atoms with E-state index in [9.17, 15) is 4.79 Å². The second-order valence-electron chi connectivity index (χ2n) is 2.45. The van der Waals surface area contributed by atoms with E-state index in [1.807, 2.05) is 0 Å². The number of hydrogen-bond acceptors (Lipinski definition) is 3. The summed E-state index contributed by atoms with van der Waals surface area (Å²) in [5, 5.41) is 8.62. The number of fused-ring (bicyclic) bond motifs is 1. The number of rotatable bonds is 1. The predicted octanol–water partition coefficient (Wildman–Crippen LogP) is 1.30. The maximum Gasteiger partial charge on any atom is 0.371 e. The Labute approximate surface area is 74.1 Å². The number of carboxylic acid groups (broad SMARTS) is 1. The Kier molecular flexibility index (Phi) is 1.66. The lowest BCUT2D eigenvalue weighted by Crippen LogP contribution is -2.11. The van der Waals surface area contributed by atoms with Crippen molar-refractivity contribution >= 4 is 5.97 Å². The molecule has 0 atom stereocenters. The van der Waals surface area contributed by atoms with Gasteiger partial charge in [0.1, 0.15) is 0 Å². The zero-order valence-electron chi connectivity index (χ0n) is 6.56. The summed E-state index contributed by atoms with van der Waals surface area (Å²) < 4.78 is 10.1. The lowest BCUT2D eigenvalue weighted by atomic mass is 10.2. The van der Waals surface area contributed by atoms with E-state index < -0.39 is 5.97 Å². The zero-order valence-corrected chi connectivity index (χ0v) is 6.56. The van der Waals surface area contributed by atoms with E-state index in [4.69, 9.17) is 14.6 Å². The van der Waals surface area contributed by atoms with Crippen molar-refractivity contribution in [3.63, 3.8) is 0 Å². The van der Waals surface area contributed by atoms with Crippen LogP contribution < -0.4 is 0 Å². The van der Waals surface area contributed by atoms with Gasteiger partial charge in [-0.25, -0.2) is 4.79 Å². The van der Waals surface area contributed by atoms with Crippen LogP contribution in [0.1, 0.15) is 0 Å². The van der Waals surface area contributed by atoms with Gasteiger partial charge in [-0.15, -0.1) is 0 Å². The van der Waals surface area contributed by atoms with Crippen LogP contribution in [0, 0.1) is 0 Å². The third kappa shape index (κ3) is 1.33. The molecule has 0 aromatic heterocycles. The number of allylic oxidation sites excluding steroid dienone is 4. The van der Waals surface area contributed by atoms with Crippen molar-refractivity contribution in [2.45, 2.75) is 0 Å². The molecule has 0 saturated heterocycles. The van der Waals surface area contributed by atoms with Gasteiger partial charge in [0.05, 0.1) is 6.26 Å². The molecule has 2 aliphatic heterocycles. The Bertz CT molecular complexity index is 371. The predicted molar refractivity (Wildman–Crippen MR) is 43.2 cm³/mol. The van der Waals surface area contributed by atoms with Crippen LogP contribution in [0.15, 0.2) is 47.8 Å². The number of aliphatic carboxylic acids is 1. The van der Waals surface area contributed by atoms with Gasteiger partial charge in [-0.2, -0.15) is 0 Å². The molecular weight excluding hydrogens is 172 g/mol. The van der Waals surface area contributed by atoms with Gasteiger partial charge in [-0.3, -0.25) is 0 Å². The molecule has 0 fully saturated rings. The van der Waals surface area contributed by atoms with Crippen molar-refractivity contribution < 1.29 is 19.4 Å². The highest BCUT2D eigenvalue weighted by molar-refractivity contribution is 5.85. The summed E-state index contributed by atoms with van der Waals surface area (Å²) in [5.41, 5.74) is 0. The van der Waals surface area contributed by atoms with Crippen molar-refractivity contribution in [3.8, 4) is 0 Å². The largest absolute Gasteiger partial charge is 0.475 e. The van der Waals surface area contributed by atoms with E-state index in [0.29, 0.717) is 11.5 Å². The first kappa shape index (κ1) is 7.67. The van der Waals surface area contributed by atoms with E-state index in [1.165, 1.54) is 12.3 Å².